The molecule has 1 aromatic carbocycles. The number of nitrogens with one attached hydrogen (secondary N) is 1. The Bertz CT molecular complexity index is 353. The lowest BCUT2D eigenvalue weighted by Gasteiger charge is -2.39. The maximum Gasteiger partial charge on any atom is 0.0381 e. The molecule has 0 radical (unpaired) electrons. The summed E-state index contributed by atoms with van der Waals surface area (Å²) in [7, 11) is 2.07. The maximum atomic E-state index is 3.52. The van der Waals surface area contributed by atoms with Crippen molar-refractivity contribution in [2.24, 2.45) is 5.41 Å². The summed E-state index contributed by atoms with van der Waals surface area (Å²) in [6.07, 6.45) is 2.46. The molecule has 20 heavy (non-hydrogen) atoms. The molecule has 0 spiro atoms. The number of hydrogen-bond acceptors (Lipinski definition) is 2. The SMILES string of the molecule is CCCN(CCC)CC(C)(C)C(NC)c1ccccc1. The predicted octanol–water partition coefficient (Wildman–Crippen LogP) is 4.10. The Kier molecular flexibility index (Phi) is 7.25. The second kappa shape index (κ2) is 8.43. The van der Waals surface area contributed by atoms with Gasteiger partial charge in [-0.2, -0.15) is 0 Å². The van der Waals surface area contributed by atoms with Gasteiger partial charge in [0.2, 0.25) is 0 Å². The van der Waals surface area contributed by atoms with Crippen LogP contribution in [0.1, 0.15) is 52.1 Å². The van der Waals surface area contributed by atoms with Gasteiger partial charge in [0.05, 0.1) is 0 Å². The molecule has 0 saturated heterocycles. The van der Waals surface area contributed by atoms with Crippen LogP contribution in [-0.4, -0.2) is 31.6 Å². The fraction of sp³-hybridized carbons (Fsp3) is 0.667. The van der Waals surface area contributed by atoms with Gasteiger partial charge in [0.15, 0.2) is 0 Å². The van der Waals surface area contributed by atoms with E-state index in [9.17, 15) is 0 Å². The highest BCUT2D eigenvalue weighted by Crippen LogP contribution is 2.34. The molecule has 1 unspecified atom stereocenters. The molecule has 0 bridgehead atoms. The Morgan fingerprint density at radius 1 is 1.05 bits per heavy atom. The van der Waals surface area contributed by atoms with Crippen LogP contribution < -0.4 is 5.32 Å². The lowest BCUT2D eigenvalue weighted by atomic mass is 9.80. The van der Waals surface area contributed by atoms with Crippen LogP contribution >= 0.6 is 0 Å². The molecular formula is C18H32N2. The van der Waals surface area contributed by atoms with Crippen molar-refractivity contribution in [3.63, 3.8) is 0 Å². The van der Waals surface area contributed by atoms with E-state index in [-0.39, 0.29) is 5.41 Å². The minimum absolute atomic E-state index is 0.209. The minimum atomic E-state index is 0.209. The van der Waals surface area contributed by atoms with Crippen molar-refractivity contribution in [2.75, 3.05) is 26.7 Å². The molecular weight excluding hydrogens is 244 g/mol. The Balaban J connectivity index is 2.82. The first-order valence-electron chi connectivity index (χ1n) is 7.99. The van der Waals surface area contributed by atoms with E-state index in [2.05, 4.69) is 75.3 Å². The molecule has 0 aliphatic rings. The summed E-state index contributed by atoms with van der Waals surface area (Å²) in [5, 5.41) is 3.52. The molecule has 0 aliphatic carbocycles. The van der Waals surface area contributed by atoms with Crippen molar-refractivity contribution >= 4 is 0 Å². The lowest BCUT2D eigenvalue weighted by molar-refractivity contribution is 0.139. The minimum Gasteiger partial charge on any atom is -0.313 e. The highest BCUT2D eigenvalue weighted by atomic mass is 15.1. The maximum absolute atomic E-state index is 3.52. The largest absolute Gasteiger partial charge is 0.313 e. The summed E-state index contributed by atoms with van der Waals surface area (Å²) < 4.78 is 0. The normalized spacial score (nSPS) is 13.7. The van der Waals surface area contributed by atoms with Crippen LogP contribution in [0.5, 0.6) is 0 Å². The van der Waals surface area contributed by atoms with E-state index >= 15 is 0 Å². The van der Waals surface area contributed by atoms with Crippen LogP contribution in [0, 0.1) is 5.41 Å². The van der Waals surface area contributed by atoms with Crippen molar-refractivity contribution in [2.45, 2.75) is 46.6 Å². The van der Waals surface area contributed by atoms with E-state index in [4.69, 9.17) is 0 Å². The van der Waals surface area contributed by atoms with Crippen molar-refractivity contribution < 1.29 is 0 Å². The second-order valence-corrected chi connectivity index (χ2v) is 6.40. The highest BCUT2D eigenvalue weighted by molar-refractivity contribution is 5.21. The number of hydrogen-bond donors (Lipinski definition) is 1. The zero-order chi connectivity index (χ0) is 15.0. The molecule has 2 heteroatoms. The summed E-state index contributed by atoms with van der Waals surface area (Å²) >= 11 is 0. The van der Waals surface area contributed by atoms with Crippen LogP contribution in [0.15, 0.2) is 30.3 Å². The molecule has 0 aromatic heterocycles. The fourth-order valence-corrected chi connectivity index (χ4v) is 3.22. The molecule has 0 heterocycles. The Morgan fingerprint density at radius 2 is 1.60 bits per heavy atom. The van der Waals surface area contributed by atoms with Gasteiger partial charge < -0.3 is 10.2 Å². The van der Waals surface area contributed by atoms with Gasteiger partial charge in [0, 0.05) is 12.6 Å². The second-order valence-electron chi connectivity index (χ2n) is 6.40. The Labute approximate surface area is 125 Å². The van der Waals surface area contributed by atoms with Crippen molar-refractivity contribution in [1.82, 2.24) is 10.2 Å². The highest BCUT2D eigenvalue weighted by Gasteiger charge is 2.31. The summed E-state index contributed by atoms with van der Waals surface area (Å²) in [5.74, 6) is 0. The molecule has 1 rings (SSSR count). The first kappa shape index (κ1) is 17.2. The van der Waals surface area contributed by atoms with Crippen molar-refractivity contribution in [3.05, 3.63) is 35.9 Å². The molecule has 2 nitrogen and oxygen atoms in total. The first-order valence-corrected chi connectivity index (χ1v) is 7.99. The molecule has 0 amide bonds. The van der Waals surface area contributed by atoms with E-state index in [1.807, 2.05) is 0 Å². The molecule has 114 valence electrons. The molecule has 1 N–H and O–H groups in total. The van der Waals surface area contributed by atoms with E-state index in [1.54, 1.807) is 0 Å². The van der Waals surface area contributed by atoms with Crippen LogP contribution in [-0.2, 0) is 0 Å². The van der Waals surface area contributed by atoms with Crippen molar-refractivity contribution in [3.8, 4) is 0 Å². The summed E-state index contributed by atoms with van der Waals surface area (Å²) in [6, 6.07) is 11.2. The van der Waals surface area contributed by atoms with Gasteiger partial charge in [0.1, 0.15) is 0 Å². The van der Waals surface area contributed by atoms with Gasteiger partial charge in [-0.3, -0.25) is 0 Å². The zero-order valence-electron chi connectivity index (χ0n) is 13.9. The quantitative estimate of drug-likeness (QED) is 0.730. The predicted molar refractivity (Wildman–Crippen MR) is 89.0 cm³/mol. The molecule has 0 fully saturated rings. The van der Waals surface area contributed by atoms with Crippen LogP contribution in [0.25, 0.3) is 0 Å². The van der Waals surface area contributed by atoms with Gasteiger partial charge in [-0.25, -0.2) is 0 Å². The third-order valence-electron chi connectivity index (χ3n) is 3.91. The average molecular weight is 276 g/mol. The number of benzene rings is 1. The lowest BCUT2D eigenvalue weighted by Crippen LogP contribution is -2.42. The number of nitrogens with zero attached hydrogens (tertiary/aromatic N) is 1. The van der Waals surface area contributed by atoms with E-state index in [0.29, 0.717) is 6.04 Å². The van der Waals surface area contributed by atoms with Crippen LogP contribution in [0.4, 0.5) is 0 Å². The number of rotatable bonds is 9. The average Bonchev–Trinajstić information content (AvgIpc) is 2.40. The summed E-state index contributed by atoms with van der Waals surface area (Å²) in [5.41, 5.74) is 1.59. The smallest absolute Gasteiger partial charge is 0.0381 e. The molecule has 0 aliphatic heterocycles. The van der Waals surface area contributed by atoms with Gasteiger partial charge in [-0.05, 0) is 44.0 Å². The topological polar surface area (TPSA) is 15.3 Å². The monoisotopic (exact) mass is 276 g/mol. The standard InChI is InChI=1S/C18H32N2/c1-6-13-20(14-7-2)15-18(3,4)17(19-5)16-11-9-8-10-12-16/h8-12,17,19H,6-7,13-15H2,1-5H3. The first-order chi connectivity index (χ1) is 9.55. The van der Waals surface area contributed by atoms with Gasteiger partial charge in [0.25, 0.3) is 0 Å². The third kappa shape index (κ3) is 4.92. The zero-order valence-corrected chi connectivity index (χ0v) is 13.9. The third-order valence-corrected chi connectivity index (χ3v) is 3.91. The van der Waals surface area contributed by atoms with Crippen molar-refractivity contribution in [1.29, 1.82) is 0 Å². The van der Waals surface area contributed by atoms with Gasteiger partial charge in [-0.1, -0.05) is 58.0 Å². The Hall–Kier alpha value is -0.860. The summed E-state index contributed by atoms with van der Waals surface area (Å²) in [4.78, 5) is 2.60. The van der Waals surface area contributed by atoms with Gasteiger partial charge >= 0.3 is 0 Å². The van der Waals surface area contributed by atoms with E-state index in [1.165, 1.54) is 31.5 Å². The van der Waals surface area contributed by atoms with Crippen LogP contribution in [0.2, 0.25) is 0 Å². The van der Waals surface area contributed by atoms with Gasteiger partial charge in [-0.15, -0.1) is 0 Å². The van der Waals surface area contributed by atoms with Crippen LogP contribution in [0.3, 0.4) is 0 Å². The van der Waals surface area contributed by atoms with E-state index in [0.717, 1.165) is 6.54 Å². The van der Waals surface area contributed by atoms with E-state index < -0.39 is 0 Å². The molecule has 0 saturated carbocycles. The molecule has 1 aromatic rings. The molecule has 1 atom stereocenters. The Morgan fingerprint density at radius 3 is 2.05 bits per heavy atom. The summed E-state index contributed by atoms with van der Waals surface area (Å²) in [6.45, 7) is 12.8. The fourth-order valence-electron chi connectivity index (χ4n) is 3.22.